The predicted molar refractivity (Wildman–Crippen MR) is 58.8 cm³/mol. The fourth-order valence-electron chi connectivity index (χ4n) is 1.21. The molecule has 1 rings (SSSR count). The van der Waals surface area contributed by atoms with Crippen molar-refractivity contribution in [3.63, 3.8) is 0 Å². The van der Waals surface area contributed by atoms with Gasteiger partial charge in [0.05, 0.1) is 6.61 Å². The number of halogens is 1. The Balaban J connectivity index is 2.37. The summed E-state index contributed by atoms with van der Waals surface area (Å²) in [5.74, 6) is 0.311. The van der Waals surface area contributed by atoms with E-state index in [1.807, 2.05) is 6.92 Å². The normalized spacial score (nSPS) is 11.0. The number of hydrogen-bond acceptors (Lipinski definition) is 2. The maximum absolute atomic E-state index is 12.8. The van der Waals surface area contributed by atoms with Gasteiger partial charge in [-0.15, -0.1) is 0 Å². The van der Waals surface area contributed by atoms with Crippen molar-refractivity contribution in [2.24, 2.45) is 5.92 Å². The standard InChI is InChI=1S/C12H18FNO/c1-9(2)8-15-14-7-11-4-5-12(13)6-10(11)3/h4-6,9,14H,7-8H2,1-3H3. The van der Waals surface area contributed by atoms with Crippen LogP contribution < -0.4 is 5.48 Å². The zero-order valence-electron chi connectivity index (χ0n) is 9.51. The number of benzene rings is 1. The third-order valence-electron chi connectivity index (χ3n) is 2.09. The van der Waals surface area contributed by atoms with Gasteiger partial charge in [-0.05, 0) is 36.1 Å². The molecule has 1 N–H and O–H groups in total. The molecule has 1 aromatic carbocycles. The number of aryl methyl sites for hydroxylation is 1. The van der Waals surface area contributed by atoms with Crippen LogP contribution in [0.5, 0.6) is 0 Å². The van der Waals surface area contributed by atoms with E-state index < -0.39 is 0 Å². The third kappa shape index (κ3) is 4.40. The Morgan fingerprint density at radius 1 is 1.40 bits per heavy atom. The van der Waals surface area contributed by atoms with Gasteiger partial charge in [-0.1, -0.05) is 19.9 Å². The van der Waals surface area contributed by atoms with Crippen molar-refractivity contribution in [3.05, 3.63) is 35.1 Å². The summed E-state index contributed by atoms with van der Waals surface area (Å²) in [6.07, 6.45) is 0. The van der Waals surface area contributed by atoms with E-state index in [4.69, 9.17) is 4.84 Å². The summed E-state index contributed by atoms with van der Waals surface area (Å²) >= 11 is 0. The van der Waals surface area contributed by atoms with E-state index in [0.29, 0.717) is 19.1 Å². The lowest BCUT2D eigenvalue weighted by atomic mass is 10.1. The van der Waals surface area contributed by atoms with Gasteiger partial charge in [0.2, 0.25) is 0 Å². The molecular formula is C12H18FNO. The fraction of sp³-hybridized carbons (Fsp3) is 0.500. The second-order valence-electron chi connectivity index (χ2n) is 4.10. The lowest BCUT2D eigenvalue weighted by Crippen LogP contribution is -2.17. The molecule has 0 heterocycles. The van der Waals surface area contributed by atoms with E-state index in [-0.39, 0.29) is 5.82 Å². The van der Waals surface area contributed by atoms with Gasteiger partial charge in [0.15, 0.2) is 0 Å². The molecule has 0 fully saturated rings. The number of nitrogens with one attached hydrogen (secondary N) is 1. The summed E-state index contributed by atoms with van der Waals surface area (Å²) in [7, 11) is 0. The maximum atomic E-state index is 12.8. The molecule has 0 saturated heterocycles. The van der Waals surface area contributed by atoms with Gasteiger partial charge in [0, 0.05) is 6.54 Å². The van der Waals surface area contributed by atoms with Crippen LogP contribution in [0.1, 0.15) is 25.0 Å². The van der Waals surface area contributed by atoms with Crippen LogP contribution in [0.25, 0.3) is 0 Å². The quantitative estimate of drug-likeness (QED) is 0.597. The Bertz CT molecular complexity index is 312. The molecule has 0 amide bonds. The number of hydroxylamine groups is 1. The highest BCUT2D eigenvalue weighted by Crippen LogP contribution is 2.09. The number of rotatable bonds is 5. The zero-order chi connectivity index (χ0) is 11.3. The van der Waals surface area contributed by atoms with E-state index in [9.17, 15) is 4.39 Å². The Labute approximate surface area is 90.4 Å². The van der Waals surface area contributed by atoms with Crippen LogP contribution in [0.4, 0.5) is 4.39 Å². The summed E-state index contributed by atoms with van der Waals surface area (Å²) < 4.78 is 12.8. The smallest absolute Gasteiger partial charge is 0.123 e. The molecular weight excluding hydrogens is 193 g/mol. The summed E-state index contributed by atoms with van der Waals surface area (Å²) in [5.41, 5.74) is 4.87. The highest BCUT2D eigenvalue weighted by Gasteiger charge is 2.00. The highest BCUT2D eigenvalue weighted by atomic mass is 19.1. The molecule has 1 aromatic rings. The molecule has 0 aromatic heterocycles. The molecule has 0 saturated carbocycles. The van der Waals surface area contributed by atoms with Gasteiger partial charge in [0.1, 0.15) is 5.82 Å². The minimum atomic E-state index is -0.195. The molecule has 15 heavy (non-hydrogen) atoms. The monoisotopic (exact) mass is 211 g/mol. The molecule has 0 radical (unpaired) electrons. The molecule has 0 aliphatic heterocycles. The Hall–Kier alpha value is -0.930. The average Bonchev–Trinajstić information content (AvgIpc) is 2.14. The van der Waals surface area contributed by atoms with Crippen molar-refractivity contribution >= 4 is 0 Å². The van der Waals surface area contributed by atoms with Crippen molar-refractivity contribution in [1.82, 2.24) is 5.48 Å². The first-order valence-electron chi connectivity index (χ1n) is 5.19. The van der Waals surface area contributed by atoms with E-state index in [1.54, 1.807) is 6.07 Å². The van der Waals surface area contributed by atoms with Crippen molar-refractivity contribution in [3.8, 4) is 0 Å². The van der Waals surface area contributed by atoms with E-state index in [0.717, 1.165) is 11.1 Å². The van der Waals surface area contributed by atoms with Gasteiger partial charge < -0.3 is 4.84 Å². The second kappa shape index (κ2) is 5.83. The van der Waals surface area contributed by atoms with E-state index in [2.05, 4.69) is 19.3 Å². The Morgan fingerprint density at radius 3 is 2.73 bits per heavy atom. The maximum Gasteiger partial charge on any atom is 0.123 e. The predicted octanol–water partition coefficient (Wildman–Crippen LogP) is 2.81. The molecule has 0 unspecified atom stereocenters. The van der Waals surface area contributed by atoms with Gasteiger partial charge in [-0.2, -0.15) is 5.48 Å². The lowest BCUT2D eigenvalue weighted by Gasteiger charge is -2.09. The SMILES string of the molecule is Cc1cc(F)ccc1CNOCC(C)C. The molecule has 0 atom stereocenters. The molecule has 0 bridgehead atoms. The van der Waals surface area contributed by atoms with Crippen LogP contribution in [-0.2, 0) is 11.4 Å². The minimum Gasteiger partial charge on any atom is -0.301 e. The van der Waals surface area contributed by atoms with Crippen molar-refractivity contribution in [1.29, 1.82) is 0 Å². The molecule has 0 aliphatic rings. The van der Waals surface area contributed by atoms with Crippen molar-refractivity contribution < 1.29 is 9.23 Å². The van der Waals surface area contributed by atoms with Gasteiger partial charge in [-0.3, -0.25) is 0 Å². The Morgan fingerprint density at radius 2 is 2.13 bits per heavy atom. The molecule has 84 valence electrons. The molecule has 0 aliphatic carbocycles. The average molecular weight is 211 g/mol. The van der Waals surface area contributed by atoms with Gasteiger partial charge >= 0.3 is 0 Å². The molecule has 2 nitrogen and oxygen atoms in total. The van der Waals surface area contributed by atoms with Crippen LogP contribution in [0.3, 0.4) is 0 Å². The Kier molecular flexibility index (Phi) is 4.72. The summed E-state index contributed by atoms with van der Waals surface area (Å²) in [6, 6.07) is 4.77. The van der Waals surface area contributed by atoms with Crippen LogP contribution in [0.15, 0.2) is 18.2 Å². The van der Waals surface area contributed by atoms with Crippen molar-refractivity contribution in [2.75, 3.05) is 6.61 Å². The minimum absolute atomic E-state index is 0.195. The summed E-state index contributed by atoms with van der Waals surface area (Å²) in [4.78, 5) is 5.24. The largest absolute Gasteiger partial charge is 0.301 e. The van der Waals surface area contributed by atoms with Gasteiger partial charge in [-0.25, -0.2) is 4.39 Å². The van der Waals surface area contributed by atoms with Crippen LogP contribution in [0.2, 0.25) is 0 Å². The molecule has 3 heteroatoms. The van der Waals surface area contributed by atoms with Gasteiger partial charge in [0.25, 0.3) is 0 Å². The van der Waals surface area contributed by atoms with E-state index in [1.165, 1.54) is 12.1 Å². The molecule has 0 spiro atoms. The van der Waals surface area contributed by atoms with Crippen molar-refractivity contribution in [2.45, 2.75) is 27.3 Å². The lowest BCUT2D eigenvalue weighted by molar-refractivity contribution is 0.0195. The second-order valence-corrected chi connectivity index (χ2v) is 4.10. The first-order valence-corrected chi connectivity index (χ1v) is 5.19. The van der Waals surface area contributed by atoms with Crippen LogP contribution in [0, 0.1) is 18.7 Å². The third-order valence-corrected chi connectivity index (χ3v) is 2.09. The topological polar surface area (TPSA) is 21.3 Å². The van der Waals surface area contributed by atoms with Crippen LogP contribution >= 0.6 is 0 Å². The summed E-state index contributed by atoms with van der Waals surface area (Å²) in [6.45, 7) is 7.36. The fourth-order valence-corrected chi connectivity index (χ4v) is 1.21. The van der Waals surface area contributed by atoms with E-state index >= 15 is 0 Å². The first kappa shape index (κ1) is 12.1. The van der Waals surface area contributed by atoms with Crippen LogP contribution in [-0.4, -0.2) is 6.61 Å². The number of hydrogen-bond donors (Lipinski definition) is 1. The first-order chi connectivity index (χ1) is 7.09. The zero-order valence-corrected chi connectivity index (χ0v) is 9.51. The highest BCUT2D eigenvalue weighted by molar-refractivity contribution is 5.26. The summed E-state index contributed by atoms with van der Waals surface area (Å²) in [5, 5.41) is 0.